The Morgan fingerprint density at radius 1 is 0.919 bits per heavy atom. The number of aromatic hydroxyl groups is 1. The van der Waals surface area contributed by atoms with E-state index in [1.807, 2.05) is 39.2 Å². The first-order valence-electron chi connectivity index (χ1n) is 12.6. The van der Waals surface area contributed by atoms with Crippen LogP contribution in [0.25, 0.3) is 0 Å². The molecule has 2 aromatic rings. The van der Waals surface area contributed by atoms with Crippen LogP contribution in [0, 0.1) is 0 Å². The fourth-order valence-corrected chi connectivity index (χ4v) is 4.16. The molecule has 202 valence electrons. The molecule has 0 spiro atoms. The Hall–Kier alpha value is -3.27. The van der Waals surface area contributed by atoms with E-state index in [9.17, 15) is 19.5 Å². The maximum atomic E-state index is 12.8. The Kier molecular flexibility index (Phi) is 12.2. The molecule has 0 saturated heterocycles. The highest BCUT2D eigenvalue weighted by Gasteiger charge is 2.25. The summed E-state index contributed by atoms with van der Waals surface area (Å²) in [6.07, 6.45) is 1.17. The van der Waals surface area contributed by atoms with Gasteiger partial charge in [-0.05, 0) is 70.7 Å². The highest BCUT2D eigenvalue weighted by Crippen LogP contribution is 2.12. The van der Waals surface area contributed by atoms with Crippen molar-refractivity contribution in [1.82, 2.24) is 25.8 Å². The first-order chi connectivity index (χ1) is 17.6. The number of carbonyl (C=O) groups excluding carboxylic acids is 3. The standard InChI is InChI=1S/C28H41N5O4/c1-6-33(23(18-32(4)5)16-21-10-8-7-9-11-21)19-26(35)31-27(36)20(2)30-28(37)25(29-3)17-22-12-14-24(34)15-13-22/h7-15,20,23,25,29,34H,6,16-19H2,1-5H3,(H,30,37)(H,31,35,36)/t20-,23?,25+/m1/s1. The number of nitrogens with zero attached hydrogens (tertiary/aromatic N) is 2. The van der Waals surface area contributed by atoms with Crippen LogP contribution in [0.1, 0.15) is 25.0 Å². The summed E-state index contributed by atoms with van der Waals surface area (Å²) in [5.74, 6) is -1.16. The predicted molar refractivity (Wildman–Crippen MR) is 145 cm³/mol. The Morgan fingerprint density at radius 2 is 1.54 bits per heavy atom. The molecule has 0 aromatic heterocycles. The quantitative estimate of drug-likeness (QED) is 0.301. The average molecular weight is 512 g/mol. The third-order valence-corrected chi connectivity index (χ3v) is 6.22. The molecule has 3 amide bonds. The van der Waals surface area contributed by atoms with E-state index in [2.05, 4.69) is 37.9 Å². The van der Waals surface area contributed by atoms with Crippen molar-refractivity contribution >= 4 is 17.7 Å². The van der Waals surface area contributed by atoms with Gasteiger partial charge in [-0.15, -0.1) is 0 Å². The first kappa shape index (κ1) is 30.0. The summed E-state index contributed by atoms with van der Waals surface area (Å²) in [6, 6.07) is 15.4. The highest BCUT2D eigenvalue weighted by molar-refractivity contribution is 6.00. The van der Waals surface area contributed by atoms with E-state index >= 15 is 0 Å². The van der Waals surface area contributed by atoms with Gasteiger partial charge in [0.25, 0.3) is 0 Å². The summed E-state index contributed by atoms with van der Waals surface area (Å²) in [4.78, 5) is 42.4. The lowest BCUT2D eigenvalue weighted by Gasteiger charge is -2.32. The molecule has 4 N–H and O–H groups in total. The Bertz CT molecular complexity index is 997. The van der Waals surface area contributed by atoms with Gasteiger partial charge in [-0.25, -0.2) is 0 Å². The third-order valence-electron chi connectivity index (χ3n) is 6.22. The van der Waals surface area contributed by atoms with Gasteiger partial charge in [0.2, 0.25) is 17.7 Å². The minimum atomic E-state index is -0.885. The molecule has 2 rings (SSSR count). The number of hydrogen-bond donors (Lipinski definition) is 4. The van der Waals surface area contributed by atoms with Gasteiger partial charge in [-0.3, -0.25) is 24.6 Å². The summed E-state index contributed by atoms with van der Waals surface area (Å²) in [7, 11) is 5.66. The van der Waals surface area contributed by atoms with E-state index in [0.29, 0.717) is 13.0 Å². The van der Waals surface area contributed by atoms with Crippen molar-refractivity contribution in [1.29, 1.82) is 0 Å². The van der Waals surface area contributed by atoms with Crippen LogP contribution in [0.3, 0.4) is 0 Å². The molecule has 0 aliphatic carbocycles. The van der Waals surface area contributed by atoms with E-state index in [4.69, 9.17) is 0 Å². The fraction of sp³-hybridized carbons (Fsp3) is 0.464. The summed E-state index contributed by atoms with van der Waals surface area (Å²) in [6.45, 7) is 5.05. The van der Waals surface area contributed by atoms with Crippen LogP contribution in [0.4, 0.5) is 0 Å². The van der Waals surface area contributed by atoms with Gasteiger partial charge in [-0.2, -0.15) is 0 Å². The molecule has 0 aliphatic heterocycles. The summed E-state index contributed by atoms with van der Waals surface area (Å²) >= 11 is 0. The number of hydrogen-bond acceptors (Lipinski definition) is 7. The Labute approximate surface area is 220 Å². The van der Waals surface area contributed by atoms with Gasteiger partial charge in [0.15, 0.2) is 0 Å². The molecule has 2 aromatic carbocycles. The van der Waals surface area contributed by atoms with Gasteiger partial charge < -0.3 is 20.6 Å². The number of carbonyl (C=O) groups is 3. The smallest absolute Gasteiger partial charge is 0.248 e. The normalized spacial score (nSPS) is 13.7. The molecule has 9 heteroatoms. The van der Waals surface area contributed by atoms with Crippen molar-refractivity contribution in [2.75, 3.05) is 40.8 Å². The average Bonchev–Trinajstić information content (AvgIpc) is 2.86. The van der Waals surface area contributed by atoms with Crippen molar-refractivity contribution in [2.24, 2.45) is 0 Å². The lowest BCUT2D eigenvalue weighted by molar-refractivity contribution is -0.135. The van der Waals surface area contributed by atoms with Gasteiger partial charge in [0, 0.05) is 12.6 Å². The second-order valence-corrected chi connectivity index (χ2v) is 9.52. The van der Waals surface area contributed by atoms with Crippen molar-refractivity contribution in [3.63, 3.8) is 0 Å². The Balaban J connectivity index is 1.93. The number of phenolic OH excluding ortho intramolecular Hbond substituents is 1. The molecule has 37 heavy (non-hydrogen) atoms. The molecule has 0 heterocycles. The third kappa shape index (κ3) is 10.3. The first-order valence-corrected chi connectivity index (χ1v) is 12.6. The minimum absolute atomic E-state index is 0.0776. The van der Waals surface area contributed by atoms with E-state index < -0.39 is 23.9 Å². The zero-order valence-corrected chi connectivity index (χ0v) is 22.5. The maximum Gasteiger partial charge on any atom is 0.248 e. The van der Waals surface area contributed by atoms with Gasteiger partial charge >= 0.3 is 0 Å². The predicted octanol–water partition coefficient (Wildman–Crippen LogP) is 1.17. The van der Waals surface area contributed by atoms with Crippen LogP contribution in [0.15, 0.2) is 54.6 Å². The monoisotopic (exact) mass is 511 g/mol. The zero-order chi connectivity index (χ0) is 27.4. The number of imide groups is 1. The largest absolute Gasteiger partial charge is 0.508 e. The second-order valence-electron chi connectivity index (χ2n) is 9.52. The molecular formula is C28H41N5O4. The lowest BCUT2D eigenvalue weighted by atomic mass is 10.0. The van der Waals surface area contributed by atoms with Gasteiger partial charge in [-0.1, -0.05) is 49.4 Å². The fourth-order valence-electron chi connectivity index (χ4n) is 4.16. The van der Waals surface area contributed by atoms with Crippen LogP contribution in [0.5, 0.6) is 5.75 Å². The van der Waals surface area contributed by atoms with E-state index in [1.54, 1.807) is 38.2 Å². The molecule has 3 atom stereocenters. The van der Waals surface area contributed by atoms with Crippen molar-refractivity contribution in [2.45, 2.75) is 44.8 Å². The number of rotatable bonds is 14. The minimum Gasteiger partial charge on any atom is -0.508 e. The molecule has 9 nitrogen and oxygen atoms in total. The van der Waals surface area contributed by atoms with E-state index in [1.165, 1.54) is 5.56 Å². The number of nitrogens with one attached hydrogen (secondary N) is 3. The highest BCUT2D eigenvalue weighted by atomic mass is 16.3. The summed E-state index contributed by atoms with van der Waals surface area (Å²) in [5.41, 5.74) is 2.05. The zero-order valence-electron chi connectivity index (χ0n) is 22.5. The molecule has 1 unspecified atom stereocenters. The van der Waals surface area contributed by atoms with Gasteiger partial charge in [0.05, 0.1) is 12.6 Å². The van der Waals surface area contributed by atoms with Crippen molar-refractivity contribution in [3.05, 3.63) is 65.7 Å². The van der Waals surface area contributed by atoms with Gasteiger partial charge in [0.1, 0.15) is 11.8 Å². The summed E-state index contributed by atoms with van der Waals surface area (Å²) < 4.78 is 0. The molecular weight excluding hydrogens is 470 g/mol. The number of benzene rings is 2. The molecule has 0 bridgehead atoms. The van der Waals surface area contributed by atoms with E-state index in [0.717, 1.165) is 18.5 Å². The summed E-state index contributed by atoms with van der Waals surface area (Å²) in [5, 5.41) is 17.5. The van der Waals surface area contributed by atoms with Crippen molar-refractivity contribution < 1.29 is 19.5 Å². The molecule has 0 aliphatic rings. The number of phenols is 1. The van der Waals surface area contributed by atoms with Crippen molar-refractivity contribution in [3.8, 4) is 5.75 Å². The molecule has 0 radical (unpaired) electrons. The van der Waals surface area contributed by atoms with Crippen LogP contribution >= 0.6 is 0 Å². The number of amides is 3. The van der Waals surface area contributed by atoms with Crippen LogP contribution < -0.4 is 16.0 Å². The van der Waals surface area contributed by atoms with Crippen LogP contribution in [-0.4, -0.2) is 91.5 Å². The molecule has 0 saturated carbocycles. The Morgan fingerprint density at radius 3 is 2.11 bits per heavy atom. The maximum absolute atomic E-state index is 12.8. The second kappa shape index (κ2) is 15.1. The SMILES string of the molecule is CCN(CC(=O)NC(=O)[C@@H](C)NC(=O)[C@H](Cc1ccc(O)cc1)NC)C(Cc1ccccc1)CN(C)C. The van der Waals surface area contributed by atoms with E-state index in [-0.39, 0.29) is 24.2 Å². The van der Waals surface area contributed by atoms with Crippen LogP contribution in [0.2, 0.25) is 0 Å². The van der Waals surface area contributed by atoms with Crippen LogP contribution in [-0.2, 0) is 27.2 Å². The topological polar surface area (TPSA) is 114 Å². The number of likely N-dealkylation sites (N-methyl/N-ethyl adjacent to an activating group) is 3. The lowest BCUT2D eigenvalue weighted by Crippen LogP contribution is -2.54. The molecule has 0 fully saturated rings.